The minimum atomic E-state index is -3.77. The molecule has 0 radical (unpaired) electrons. The van der Waals surface area contributed by atoms with Gasteiger partial charge in [0.2, 0.25) is 5.91 Å². The molecule has 0 atom stereocenters. The van der Waals surface area contributed by atoms with Gasteiger partial charge in [-0.2, -0.15) is 0 Å². The Bertz CT molecular complexity index is 1240. The Hall–Kier alpha value is -3.72. The minimum absolute atomic E-state index is 0.0900. The van der Waals surface area contributed by atoms with Crippen molar-refractivity contribution in [2.75, 3.05) is 29.9 Å². The van der Waals surface area contributed by atoms with Crippen molar-refractivity contribution in [3.8, 4) is 17.2 Å². The van der Waals surface area contributed by atoms with E-state index >= 15 is 0 Å². The maximum Gasteiger partial charge on any atom is 0.261 e. The molecule has 0 fully saturated rings. The van der Waals surface area contributed by atoms with Crippen LogP contribution >= 0.6 is 0 Å². The van der Waals surface area contributed by atoms with Crippen LogP contribution in [0.1, 0.15) is 32.8 Å². The third kappa shape index (κ3) is 7.64. The van der Waals surface area contributed by atoms with Crippen molar-refractivity contribution in [3.63, 3.8) is 0 Å². The molecule has 0 aliphatic heterocycles. The van der Waals surface area contributed by atoms with E-state index < -0.39 is 10.0 Å². The Labute approximate surface area is 212 Å². The molecule has 0 bridgehead atoms. The van der Waals surface area contributed by atoms with Gasteiger partial charge in [-0.15, -0.1) is 0 Å². The molecule has 0 saturated heterocycles. The van der Waals surface area contributed by atoms with E-state index in [4.69, 9.17) is 14.2 Å². The number of sulfonamides is 1. The summed E-state index contributed by atoms with van der Waals surface area (Å²) in [5.74, 6) is 1.83. The van der Waals surface area contributed by atoms with Crippen molar-refractivity contribution in [3.05, 3.63) is 72.3 Å². The number of benzene rings is 3. The van der Waals surface area contributed by atoms with Crippen LogP contribution in [0.25, 0.3) is 0 Å². The van der Waals surface area contributed by atoms with Gasteiger partial charge in [0.05, 0.1) is 24.7 Å². The van der Waals surface area contributed by atoms with Gasteiger partial charge in [0, 0.05) is 17.8 Å². The van der Waals surface area contributed by atoms with E-state index in [2.05, 4.69) is 10.0 Å². The average molecular weight is 513 g/mol. The highest BCUT2D eigenvalue weighted by Gasteiger charge is 2.15. The van der Waals surface area contributed by atoms with E-state index in [0.29, 0.717) is 54.9 Å². The summed E-state index contributed by atoms with van der Waals surface area (Å²) in [7, 11) is -3.77. The Morgan fingerprint density at radius 3 is 2.00 bits per heavy atom. The second kappa shape index (κ2) is 12.8. The lowest BCUT2D eigenvalue weighted by atomic mass is 10.1. The predicted molar refractivity (Wildman–Crippen MR) is 141 cm³/mol. The third-order valence-corrected chi connectivity index (χ3v) is 6.51. The zero-order chi connectivity index (χ0) is 26.0. The molecule has 3 aromatic rings. The zero-order valence-electron chi connectivity index (χ0n) is 20.7. The molecule has 9 heteroatoms. The van der Waals surface area contributed by atoms with Crippen LogP contribution in [0.3, 0.4) is 0 Å². The van der Waals surface area contributed by atoms with Crippen LogP contribution in [-0.2, 0) is 21.2 Å². The monoisotopic (exact) mass is 512 g/mol. The molecule has 0 heterocycles. The SMILES string of the molecule is CCOc1ccc(NS(=O)(=O)c2ccc(NC(=O)CCc3ccc(OCC)c(OCC)c3)cc2)cc1. The average Bonchev–Trinajstić information content (AvgIpc) is 2.86. The van der Waals surface area contributed by atoms with Gasteiger partial charge in [-0.3, -0.25) is 9.52 Å². The fraction of sp³-hybridized carbons (Fsp3) is 0.296. The number of carbonyl (C=O) groups is 1. The summed E-state index contributed by atoms with van der Waals surface area (Å²) in [6, 6.07) is 18.4. The van der Waals surface area contributed by atoms with Crippen LogP contribution in [-0.4, -0.2) is 34.1 Å². The maximum absolute atomic E-state index is 12.7. The van der Waals surface area contributed by atoms with Crippen LogP contribution in [0.2, 0.25) is 0 Å². The molecule has 0 aliphatic rings. The Kier molecular flexibility index (Phi) is 9.58. The van der Waals surface area contributed by atoms with Crippen molar-refractivity contribution in [2.24, 2.45) is 0 Å². The first-order valence-electron chi connectivity index (χ1n) is 11.9. The van der Waals surface area contributed by atoms with Gasteiger partial charge in [0.25, 0.3) is 10.0 Å². The van der Waals surface area contributed by atoms with Crippen molar-refractivity contribution < 1.29 is 27.4 Å². The van der Waals surface area contributed by atoms with Crippen molar-refractivity contribution >= 4 is 27.3 Å². The molecule has 0 aromatic heterocycles. The van der Waals surface area contributed by atoms with Crippen LogP contribution in [0, 0.1) is 0 Å². The fourth-order valence-corrected chi connectivity index (χ4v) is 4.51. The normalized spacial score (nSPS) is 11.0. The number of aryl methyl sites for hydroxylation is 1. The first kappa shape index (κ1) is 26.9. The summed E-state index contributed by atoms with van der Waals surface area (Å²) < 4.78 is 44.5. The smallest absolute Gasteiger partial charge is 0.261 e. The van der Waals surface area contributed by atoms with Gasteiger partial charge in [-0.25, -0.2) is 8.42 Å². The number of nitrogens with one attached hydrogen (secondary N) is 2. The van der Waals surface area contributed by atoms with Gasteiger partial charge in [-0.05, 0) is 93.4 Å². The topological polar surface area (TPSA) is 103 Å². The molecule has 0 aliphatic carbocycles. The van der Waals surface area contributed by atoms with Gasteiger partial charge < -0.3 is 19.5 Å². The van der Waals surface area contributed by atoms with E-state index in [1.165, 1.54) is 12.1 Å². The van der Waals surface area contributed by atoms with Crippen LogP contribution < -0.4 is 24.2 Å². The van der Waals surface area contributed by atoms with E-state index in [1.807, 2.05) is 39.0 Å². The molecule has 0 saturated carbocycles. The summed E-state index contributed by atoms with van der Waals surface area (Å²) in [5, 5.41) is 2.81. The van der Waals surface area contributed by atoms with Crippen molar-refractivity contribution in [1.82, 2.24) is 0 Å². The van der Waals surface area contributed by atoms with Gasteiger partial charge in [0.1, 0.15) is 5.75 Å². The van der Waals surface area contributed by atoms with Gasteiger partial charge in [0.15, 0.2) is 11.5 Å². The number of carbonyl (C=O) groups excluding carboxylic acids is 1. The van der Waals surface area contributed by atoms with Crippen molar-refractivity contribution in [1.29, 1.82) is 0 Å². The quantitative estimate of drug-likeness (QED) is 0.324. The van der Waals surface area contributed by atoms with Crippen LogP contribution in [0.15, 0.2) is 71.6 Å². The number of amides is 1. The van der Waals surface area contributed by atoms with Crippen molar-refractivity contribution in [2.45, 2.75) is 38.5 Å². The second-order valence-corrected chi connectivity index (χ2v) is 9.46. The largest absolute Gasteiger partial charge is 0.494 e. The summed E-state index contributed by atoms with van der Waals surface area (Å²) in [5.41, 5.74) is 1.90. The van der Waals surface area contributed by atoms with E-state index in [0.717, 1.165) is 5.56 Å². The first-order chi connectivity index (χ1) is 17.3. The standard InChI is InChI=1S/C27H32N2O6S/c1-4-33-23-13-9-22(10-14-23)29-36(31,32)24-15-11-21(12-16-24)28-27(30)18-8-20-7-17-25(34-5-2)26(19-20)35-6-3/h7,9-17,19,29H,4-6,8,18H2,1-3H3,(H,28,30). The van der Waals surface area contributed by atoms with E-state index in [1.54, 1.807) is 36.4 Å². The number of ether oxygens (including phenoxy) is 3. The first-order valence-corrected chi connectivity index (χ1v) is 13.4. The number of anilines is 2. The van der Waals surface area contributed by atoms with Gasteiger partial charge >= 0.3 is 0 Å². The van der Waals surface area contributed by atoms with E-state index in [9.17, 15) is 13.2 Å². The van der Waals surface area contributed by atoms with E-state index in [-0.39, 0.29) is 17.2 Å². The molecule has 36 heavy (non-hydrogen) atoms. The molecule has 0 unspecified atom stereocenters. The fourth-order valence-electron chi connectivity index (χ4n) is 3.45. The summed E-state index contributed by atoms with van der Waals surface area (Å²) in [6.45, 7) is 7.29. The third-order valence-electron chi connectivity index (χ3n) is 5.11. The lowest BCUT2D eigenvalue weighted by molar-refractivity contribution is -0.116. The molecule has 1 amide bonds. The maximum atomic E-state index is 12.7. The summed E-state index contributed by atoms with van der Waals surface area (Å²) >= 11 is 0. The minimum Gasteiger partial charge on any atom is -0.494 e. The summed E-state index contributed by atoms with van der Waals surface area (Å²) in [6.07, 6.45) is 0.787. The van der Waals surface area contributed by atoms with Gasteiger partial charge in [-0.1, -0.05) is 6.07 Å². The predicted octanol–water partition coefficient (Wildman–Crippen LogP) is 5.25. The number of hydrogen-bond acceptors (Lipinski definition) is 6. The highest BCUT2D eigenvalue weighted by atomic mass is 32.2. The number of rotatable bonds is 13. The molecule has 3 aromatic carbocycles. The highest BCUT2D eigenvalue weighted by molar-refractivity contribution is 7.92. The molecular formula is C27H32N2O6S. The lowest BCUT2D eigenvalue weighted by Gasteiger charge is -2.12. The molecule has 2 N–H and O–H groups in total. The Morgan fingerprint density at radius 2 is 1.36 bits per heavy atom. The molecule has 0 spiro atoms. The summed E-state index contributed by atoms with van der Waals surface area (Å²) in [4.78, 5) is 12.5. The highest BCUT2D eigenvalue weighted by Crippen LogP contribution is 2.29. The van der Waals surface area contributed by atoms with Crippen LogP contribution in [0.5, 0.6) is 17.2 Å². The lowest BCUT2D eigenvalue weighted by Crippen LogP contribution is -2.14. The molecule has 3 rings (SSSR count). The Balaban J connectivity index is 1.56. The molecular weight excluding hydrogens is 480 g/mol. The van der Waals surface area contributed by atoms with Crippen LogP contribution in [0.4, 0.5) is 11.4 Å². The molecule has 192 valence electrons. The Morgan fingerprint density at radius 1 is 0.750 bits per heavy atom. The second-order valence-electron chi connectivity index (χ2n) is 7.78. The zero-order valence-corrected chi connectivity index (χ0v) is 21.6. The number of hydrogen-bond donors (Lipinski definition) is 2. The molecule has 8 nitrogen and oxygen atoms in total.